The van der Waals surface area contributed by atoms with Crippen molar-refractivity contribution in [1.82, 2.24) is 10.7 Å². The number of ether oxygens (including phenoxy) is 2. The highest BCUT2D eigenvalue weighted by Gasteiger charge is 2.15. The molecule has 0 radical (unpaired) electrons. The third-order valence-electron chi connectivity index (χ3n) is 5.49. The Bertz CT molecular complexity index is 1410. The highest BCUT2D eigenvalue weighted by atomic mass is 79.9. The molecule has 0 aliphatic rings. The summed E-state index contributed by atoms with van der Waals surface area (Å²) in [5.41, 5.74) is 5.26. The van der Waals surface area contributed by atoms with E-state index in [0.717, 1.165) is 5.56 Å². The van der Waals surface area contributed by atoms with Gasteiger partial charge in [-0.25, -0.2) is 5.43 Å². The first-order chi connectivity index (χ1) is 19.1. The Morgan fingerprint density at radius 2 is 1.73 bits per heavy atom. The predicted molar refractivity (Wildman–Crippen MR) is 159 cm³/mol. The zero-order valence-electron chi connectivity index (χ0n) is 21.9. The van der Waals surface area contributed by atoms with E-state index >= 15 is 0 Å². The molecule has 0 atom stereocenters. The predicted octanol–water partition coefficient (Wildman–Crippen LogP) is 5.67. The van der Waals surface area contributed by atoms with E-state index in [1.165, 1.54) is 25.0 Å². The fraction of sp³-hybridized carbons (Fsp3) is 0.214. The standard InChI is InChI=1S/C28H27BrCl2N4O5/c1-16(2)19-6-4-17(5-7-19)13-32-27(37)28(38)35-33-14-18-10-21(29)26(24(11-18)39-3)40-15-25(36)34-20-8-9-22(30)23(31)12-20/h4-12,14,16H,13,15H2,1-3H3,(H,32,37)(H,34,36)(H,35,38)/b33-14-. The molecule has 3 amide bonds. The molecule has 0 fully saturated rings. The van der Waals surface area contributed by atoms with Gasteiger partial charge in [-0.3, -0.25) is 14.4 Å². The second-order valence-electron chi connectivity index (χ2n) is 8.78. The lowest BCUT2D eigenvalue weighted by Crippen LogP contribution is -2.37. The molecule has 0 bridgehead atoms. The van der Waals surface area contributed by atoms with Crippen LogP contribution in [0, 0.1) is 0 Å². The first-order valence-electron chi connectivity index (χ1n) is 12.0. The van der Waals surface area contributed by atoms with E-state index in [1.807, 2.05) is 24.3 Å². The molecule has 0 aromatic heterocycles. The van der Waals surface area contributed by atoms with Gasteiger partial charge in [-0.2, -0.15) is 5.10 Å². The largest absolute Gasteiger partial charge is 0.493 e. The zero-order chi connectivity index (χ0) is 29.2. The monoisotopic (exact) mass is 648 g/mol. The molecule has 0 aliphatic carbocycles. The van der Waals surface area contributed by atoms with E-state index in [4.69, 9.17) is 32.7 Å². The fourth-order valence-electron chi connectivity index (χ4n) is 3.36. The summed E-state index contributed by atoms with van der Waals surface area (Å²) in [6.45, 7) is 4.10. The number of hydrazone groups is 1. The van der Waals surface area contributed by atoms with Crippen molar-refractivity contribution in [3.63, 3.8) is 0 Å². The Morgan fingerprint density at radius 3 is 2.38 bits per heavy atom. The summed E-state index contributed by atoms with van der Waals surface area (Å²) < 4.78 is 11.5. The number of anilines is 1. The Hall–Kier alpha value is -3.60. The Morgan fingerprint density at radius 1 is 1.00 bits per heavy atom. The van der Waals surface area contributed by atoms with Gasteiger partial charge in [0.25, 0.3) is 5.91 Å². The maximum Gasteiger partial charge on any atom is 0.329 e. The molecular weight excluding hydrogens is 623 g/mol. The van der Waals surface area contributed by atoms with Crippen molar-refractivity contribution in [2.24, 2.45) is 5.10 Å². The average molecular weight is 650 g/mol. The van der Waals surface area contributed by atoms with Gasteiger partial charge in [0.2, 0.25) is 0 Å². The SMILES string of the molecule is COc1cc(/C=N\NC(=O)C(=O)NCc2ccc(C(C)C)cc2)cc(Br)c1OCC(=O)Nc1ccc(Cl)c(Cl)c1. The van der Waals surface area contributed by atoms with Crippen molar-refractivity contribution in [2.45, 2.75) is 26.3 Å². The second kappa shape index (κ2) is 14.7. The molecule has 3 aromatic rings. The van der Waals surface area contributed by atoms with E-state index in [1.54, 1.807) is 24.3 Å². The molecule has 3 aromatic carbocycles. The number of nitrogens with zero attached hydrogens (tertiary/aromatic N) is 1. The number of amides is 3. The molecule has 3 rings (SSSR count). The normalized spacial score (nSPS) is 10.9. The summed E-state index contributed by atoms with van der Waals surface area (Å²) in [4.78, 5) is 36.6. The smallest absolute Gasteiger partial charge is 0.329 e. The van der Waals surface area contributed by atoms with Gasteiger partial charge in [-0.15, -0.1) is 0 Å². The molecule has 0 saturated carbocycles. The molecule has 12 heteroatoms. The second-order valence-corrected chi connectivity index (χ2v) is 10.4. The fourth-order valence-corrected chi connectivity index (χ4v) is 4.23. The molecule has 40 heavy (non-hydrogen) atoms. The molecule has 0 unspecified atom stereocenters. The van der Waals surface area contributed by atoms with Gasteiger partial charge >= 0.3 is 11.8 Å². The van der Waals surface area contributed by atoms with E-state index in [-0.39, 0.29) is 18.9 Å². The molecule has 0 heterocycles. The van der Waals surface area contributed by atoms with Crippen molar-refractivity contribution in [2.75, 3.05) is 19.0 Å². The number of rotatable bonds is 10. The van der Waals surface area contributed by atoms with Crippen LogP contribution in [0.3, 0.4) is 0 Å². The van der Waals surface area contributed by atoms with E-state index in [9.17, 15) is 14.4 Å². The van der Waals surface area contributed by atoms with Crippen LogP contribution >= 0.6 is 39.1 Å². The highest BCUT2D eigenvalue weighted by molar-refractivity contribution is 9.10. The summed E-state index contributed by atoms with van der Waals surface area (Å²) >= 11 is 15.3. The summed E-state index contributed by atoms with van der Waals surface area (Å²) in [5.74, 6) is -1.14. The maximum absolute atomic E-state index is 12.3. The third kappa shape index (κ3) is 8.97. The molecule has 210 valence electrons. The van der Waals surface area contributed by atoms with Crippen LogP contribution in [-0.4, -0.2) is 37.7 Å². The number of hydrogen-bond acceptors (Lipinski definition) is 6. The minimum atomic E-state index is -0.908. The summed E-state index contributed by atoms with van der Waals surface area (Å²) in [7, 11) is 1.44. The third-order valence-corrected chi connectivity index (χ3v) is 6.82. The lowest BCUT2D eigenvalue weighted by molar-refractivity contribution is -0.139. The van der Waals surface area contributed by atoms with Crippen LogP contribution in [0.5, 0.6) is 11.5 Å². The summed E-state index contributed by atoms with van der Waals surface area (Å²) in [6.07, 6.45) is 1.34. The zero-order valence-corrected chi connectivity index (χ0v) is 25.0. The summed E-state index contributed by atoms with van der Waals surface area (Å²) in [5, 5.41) is 9.75. The Balaban J connectivity index is 1.53. The number of carbonyl (C=O) groups excluding carboxylic acids is 3. The van der Waals surface area contributed by atoms with Crippen LogP contribution in [0.25, 0.3) is 0 Å². The quantitative estimate of drug-likeness (QED) is 0.149. The molecule has 0 saturated heterocycles. The summed E-state index contributed by atoms with van der Waals surface area (Å²) in [6, 6.07) is 15.8. The maximum atomic E-state index is 12.3. The average Bonchev–Trinajstić information content (AvgIpc) is 2.93. The first kappa shape index (κ1) is 30.9. The van der Waals surface area contributed by atoms with Crippen molar-refractivity contribution in [3.05, 3.63) is 85.8 Å². The number of hydrogen-bond donors (Lipinski definition) is 3. The minimum Gasteiger partial charge on any atom is -0.493 e. The molecule has 0 aliphatic heterocycles. The molecule has 0 spiro atoms. The molecular formula is C28H27BrCl2N4O5. The van der Waals surface area contributed by atoms with E-state index in [2.05, 4.69) is 50.9 Å². The minimum absolute atomic E-state index is 0.214. The first-order valence-corrected chi connectivity index (χ1v) is 13.6. The van der Waals surface area contributed by atoms with Gasteiger partial charge < -0.3 is 20.1 Å². The van der Waals surface area contributed by atoms with E-state index in [0.29, 0.717) is 37.4 Å². The van der Waals surface area contributed by atoms with Gasteiger partial charge in [0.15, 0.2) is 18.1 Å². The van der Waals surface area contributed by atoms with Gasteiger partial charge in [0.1, 0.15) is 0 Å². The van der Waals surface area contributed by atoms with Gasteiger partial charge in [-0.05, 0) is 68.9 Å². The highest BCUT2D eigenvalue weighted by Crippen LogP contribution is 2.36. The van der Waals surface area contributed by atoms with Gasteiger partial charge in [0.05, 0.1) is 27.8 Å². The van der Waals surface area contributed by atoms with Crippen LogP contribution in [0.4, 0.5) is 5.69 Å². The van der Waals surface area contributed by atoms with E-state index < -0.39 is 17.7 Å². The van der Waals surface area contributed by atoms with Crippen LogP contribution in [-0.2, 0) is 20.9 Å². The number of nitrogens with one attached hydrogen (secondary N) is 3. The van der Waals surface area contributed by atoms with Crippen molar-refractivity contribution in [3.8, 4) is 11.5 Å². The van der Waals surface area contributed by atoms with Crippen molar-refractivity contribution in [1.29, 1.82) is 0 Å². The molecule has 9 nitrogen and oxygen atoms in total. The van der Waals surface area contributed by atoms with Gasteiger partial charge in [-0.1, -0.05) is 61.3 Å². The number of carbonyl (C=O) groups is 3. The molecule has 3 N–H and O–H groups in total. The number of benzene rings is 3. The lowest BCUT2D eigenvalue weighted by atomic mass is 10.0. The lowest BCUT2D eigenvalue weighted by Gasteiger charge is -2.13. The van der Waals surface area contributed by atoms with Crippen molar-refractivity contribution < 1.29 is 23.9 Å². The Labute approximate surface area is 250 Å². The topological polar surface area (TPSA) is 118 Å². The Kier molecular flexibility index (Phi) is 11.4. The van der Waals surface area contributed by atoms with Crippen LogP contribution in [0.2, 0.25) is 10.0 Å². The van der Waals surface area contributed by atoms with Crippen molar-refractivity contribution >= 4 is 68.8 Å². The van der Waals surface area contributed by atoms with Crippen LogP contribution in [0.1, 0.15) is 36.5 Å². The van der Waals surface area contributed by atoms with Gasteiger partial charge in [0, 0.05) is 12.2 Å². The number of halogens is 3. The number of methoxy groups -OCH3 is 1. The van der Waals surface area contributed by atoms with Crippen LogP contribution in [0.15, 0.2) is 64.2 Å². The van der Waals surface area contributed by atoms with Crippen LogP contribution < -0.4 is 25.5 Å².